The lowest BCUT2D eigenvalue weighted by Gasteiger charge is -2.22. The molecule has 0 aliphatic carbocycles. The van der Waals surface area contributed by atoms with E-state index in [1.165, 1.54) is 7.11 Å². The quantitative estimate of drug-likeness (QED) is 0.727. The van der Waals surface area contributed by atoms with Crippen molar-refractivity contribution in [2.45, 2.75) is 12.5 Å². The van der Waals surface area contributed by atoms with Gasteiger partial charge in [-0.05, 0) is 24.3 Å². The minimum atomic E-state index is -1.25. The number of aromatic hydroxyl groups is 1. The van der Waals surface area contributed by atoms with E-state index in [1.807, 2.05) is 0 Å². The minimum Gasteiger partial charge on any atom is -0.504 e. The first-order chi connectivity index (χ1) is 14.5. The van der Waals surface area contributed by atoms with Gasteiger partial charge in [-0.25, -0.2) is 9.80 Å². The van der Waals surface area contributed by atoms with Crippen molar-refractivity contribution in [3.8, 4) is 23.0 Å². The number of fused-ring (bicyclic) bond motifs is 1. The smallest absolute Gasteiger partial charge is 0.328 e. The molecule has 1 atom stereocenters. The number of methoxy groups -OCH3 is 1. The maximum absolute atomic E-state index is 12.7. The summed E-state index contributed by atoms with van der Waals surface area (Å²) in [5.74, 6) is -0.517. The summed E-state index contributed by atoms with van der Waals surface area (Å²) in [6.45, 7) is 0.135. The van der Waals surface area contributed by atoms with Crippen molar-refractivity contribution in [3.05, 3.63) is 59.7 Å². The number of carboxylic acids is 1. The molecule has 0 saturated carbocycles. The zero-order chi connectivity index (χ0) is 21.3. The lowest BCUT2D eigenvalue weighted by molar-refractivity contribution is -0.132. The van der Waals surface area contributed by atoms with Gasteiger partial charge in [0.05, 0.1) is 18.9 Å². The number of rotatable bonds is 5. The lowest BCUT2D eigenvalue weighted by Crippen LogP contribution is -2.25. The molecule has 2 aliphatic heterocycles. The predicted octanol–water partition coefficient (Wildman–Crippen LogP) is 2.45. The van der Waals surface area contributed by atoms with E-state index in [0.717, 1.165) is 22.7 Å². The van der Waals surface area contributed by atoms with Gasteiger partial charge in [0.15, 0.2) is 23.0 Å². The summed E-state index contributed by atoms with van der Waals surface area (Å²) >= 11 is 0. The summed E-state index contributed by atoms with van der Waals surface area (Å²) in [4.78, 5) is 23.5. The molecule has 0 fully saturated rings. The number of phenols is 1. The molecule has 0 aromatic heterocycles. The molecule has 2 N–H and O–H groups in total. The summed E-state index contributed by atoms with van der Waals surface area (Å²) in [5.41, 5.74) is 1.74. The molecule has 9 nitrogen and oxygen atoms in total. The van der Waals surface area contributed by atoms with Crippen LogP contribution in [0.2, 0.25) is 0 Å². The standard InChI is InChI=1S/C21H18N2O7/c1-28-17-4-2-3-13(21(17)27)15-10-14(22-23(15)19(24)7-8-20(25)26)12-5-6-16-18(9-12)30-11-29-16/h2-9,15,27H,10-11H2,1H3,(H,25,26)/b8-7+/t15-/m0/s1. The fourth-order valence-corrected chi connectivity index (χ4v) is 3.40. The van der Waals surface area contributed by atoms with Crippen LogP contribution in [-0.4, -0.2) is 46.7 Å². The number of hydrazone groups is 1. The van der Waals surface area contributed by atoms with Crippen LogP contribution in [-0.2, 0) is 9.59 Å². The number of carbonyl (C=O) groups is 2. The third-order valence-electron chi connectivity index (χ3n) is 4.82. The molecule has 0 saturated heterocycles. The van der Waals surface area contributed by atoms with Gasteiger partial charge in [-0.3, -0.25) is 4.79 Å². The molecule has 2 aromatic rings. The molecule has 2 heterocycles. The Morgan fingerprint density at radius 2 is 2.00 bits per heavy atom. The molecular weight excluding hydrogens is 392 g/mol. The second-order valence-electron chi connectivity index (χ2n) is 6.59. The average molecular weight is 410 g/mol. The van der Waals surface area contributed by atoms with Crippen LogP contribution in [0.1, 0.15) is 23.6 Å². The number of aliphatic carboxylic acids is 1. The van der Waals surface area contributed by atoms with Crippen molar-refractivity contribution < 1.29 is 34.0 Å². The maximum Gasteiger partial charge on any atom is 0.328 e. The van der Waals surface area contributed by atoms with Gasteiger partial charge in [-0.2, -0.15) is 5.10 Å². The lowest BCUT2D eigenvalue weighted by atomic mass is 9.97. The van der Waals surface area contributed by atoms with Gasteiger partial charge in [0, 0.05) is 29.7 Å². The number of hydrogen-bond acceptors (Lipinski definition) is 7. The van der Waals surface area contributed by atoms with Gasteiger partial charge in [0.1, 0.15) is 0 Å². The van der Waals surface area contributed by atoms with E-state index in [9.17, 15) is 14.7 Å². The van der Waals surface area contributed by atoms with Crippen molar-refractivity contribution in [2.24, 2.45) is 5.10 Å². The number of nitrogens with zero attached hydrogens (tertiary/aromatic N) is 2. The molecular formula is C21H18N2O7. The minimum absolute atomic E-state index is 0.104. The van der Waals surface area contributed by atoms with Gasteiger partial charge in [0.25, 0.3) is 5.91 Å². The Morgan fingerprint density at radius 1 is 1.20 bits per heavy atom. The molecule has 0 radical (unpaired) electrons. The van der Waals surface area contributed by atoms with Crippen LogP contribution in [0, 0.1) is 0 Å². The molecule has 0 unspecified atom stereocenters. The van der Waals surface area contributed by atoms with Crippen LogP contribution in [0.15, 0.2) is 53.7 Å². The molecule has 9 heteroatoms. The number of carboxylic acid groups (broad SMARTS) is 1. The Labute approximate surface area is 171 Å². The molecule has 30 heavy (non-hydrogen) atoms. The van der Waals surface area contributed by atoms with Gasteiger partial charge >= 0.3 is 5.97 Å². The fraction of sp³-hybridized carbons (Fsp3) is 0.190. The number of ether oxygens (including phenoxy) is 3. The largest absolute Gasteiger partial charge is 0.504 e. The highest BCUT2D eigenvalue weighted by Gasteiger charge is 2.35. The van der Waals surface area contributed by atoms with E-state index >= 15 is 0 Å². The molecule has 0 bridgehead atoms. The Balaban J connectivity index is 1.73. The normalized spacial score (nSPS) is 17.3. The summed E-state index contributed by atoms with van der Waals surface area (Å²) in [6.07, 6.45) is 1.98. The molecule has 2 aromatic carbocycles. The van der Waals surface area contributed by atoms with Crippen LogP contribution >= 0.6 is 0 Å². The zero-order valence-corrected chi connectivity index (χ0v) is 15.9. The Morgan fingerprint density at radius 3 is 2.77 bits per heavy atom. The summed E-state index contributed by atoms with van der Waals surface area (Å²) in [5, 5.41) is 25.0. The Hall–Kier alpha value is -4.01. The van der Waals surface area contributed by atoms with Crippen molar-refractivity contribution in [2.75, 3.05) is 13.9 Å². The SMILES string of the molecule is COc1cccc([C@@H]2CC(c3ccc4c(c3)OCO4)=NN2C(=O)/C=C/C(=O)O)c1O. The first kappa shape index (κ1) is 19.3. The van der Waals surface area contributed by atoms with Gasteiger partial charge in [-0.1, -0.05) is 12.1 Å². The third kappa shape index (κ3) is 3.52. The monoisotopic (exact) mass is 410 g/mol. The first-order valence-electron chi connectivity index (χ1n) is 9.05. The van der Waals surface area contributed by atoms with E-state index < -0.39 is 17.9 Å². The summed E-state index contributed by atoms with van der Waals surface area (Å²) < 4.78 is 15.9. The van der Waals surface area contributed by atoms with Crippen LogP contribution in [0.5, 0.6) is 23.0 Å². The highest BCUT2D eigenvalue weighted by Crippen LogP contribution is 2.42. The van der Waals surface area contributed by atoms with Crippen LogP contribution in [0.3, 0.4) is 0 Å². The zero-order valence-electron chi connectivity index (χ0n) is 15.9. The number of carbonyl (C=O) groups excluding carboxylic acids is 1. The molecule has 2 aliphatic rings. The van der Waals surface area contributed by atoms with Crippen molar-refractivity contribution in [1.82, 2.24) is 5.01 Å². The van der Waals surface area contributed by atoms with E-state index in [0.29, 0.717) is 29.2 Å². The number of hydrogen-bond donors (Lipinski definition) is 2. The summed E-state index contributed by atoms with van der Waals surface area (Å²) in [6, 6.07) is 9.65. The second-order valence-corrected chi connectivity index (χ2v) is 6.59. The molecule has 154 valence electrons. The van der Waals surface area contributed by atoms with E-state index in [2.05, 4.69) is 5.10 Å². The molecule has 0 spiro atoms. The maximum atomic E-state index is 12.7. The third-order valence-corrected chi connectivity index (χ3v) is 4.82. The van der Waals surface area contributed by atoms with Crippen molar-refractivity contribution in [1.29, 1.82) is 0 Å². The molecule has 1 amide bonds. The van der Waals surface area contributed by atoms with Crippen LogP contribution in [0.4, 0.5) is 0 Å². The topological polar surface area (TPSA) is 118 Å². The number of benzene rings is 2. The van der Waals surface area contributed by atoms with Gasteiger partial charge < -0.3 is 24.4 Å². The summed E-state index contributed by atoms with van der Waals surface area (Å²) in [7, 11) is 1.43. The fourth-order valence-electron chi connectivity index (χ4n) is 3.40. The second kappa shape index (κ2) is 7.78. The Kier molecular flexibility index (Phi) is 5.01. The predicted molar refractivity (Wildman–Crippen MR) is 105 cm³/mol. The highest BCUT2D eigenvalue weighted by atomic mass is 16.7. The number of phenolic OH excluding ortho intramolecular Hbond substituents is 1. The first-order valence-corrected chi connectivity index (χ1v) is 9.05. The van der Waals surface area contributed by atoms with E-state index in [-0.39, 0.29) is 18.3 Å². The van der Waals surface area contributed by atoms with Crippen LogP contribution < -0.4 is 14.2 Å². The van der Waals surface area contributed by atoms with Gasteiger partial charge in [-0.15, -0.1) is 0 Å². The van der Waals surface area contributed by atoms with Crippen molar-refractivity contribution >= 4 is 17.6 Å². The Bertz CT molecular complexity index is 1080. The van der Waals surface area contributed by atoms with E-state index in [1.54, 1.807) is 36.4 Å². The highest BCUT2D eigenvalue weighted by molar-refractivity contribution is 6.05. The number of para-hydroxylation sites is 1. The average Bonchev–Trinajstić information content (AvgIpc) is 3.38. The van der Waals surface area contributed by atoms with Crippen LogP contribution in [0.25, 0.3) is 0 Å². The van der Waals surface area contributed by atoms with E-state index in [4.69, 9.17) is 19.3 Å². The molecule has 4 rings (SSSR count). The van der Waals surface area contributed by atoms with Crippen molar-refractivity contribution in [3.63, 3.8) is 0 Å². The number of amides is 1. The van der Waals surface area contributed by atoms with Gasteiger partial charge in [0.2, 0.25) is 6.79 Å².